The number of nitrogens with one attached hydrogen (secondary N) is 1. The average Bonchev–Trinajstić information content (AvgIpc) is 2.41. The Bertz CT molecular complexity index is 403. The molecule has 0 bridgehead atoms. The second-order valence-corrected chi connectivity index (χ2v) is 5.65. The fraction of sp³-hybridized carbons (Fsp3) is 0.688. The van der Waals surface area contributed by atoms with E-state index in [1.54, 1.807) is 12.3 Å². The van der Waals surface area contributed by atoms with Crippen molar-refractivity contribution in [2.45, 2.75) is 53.1 Å². The van der Waals surface area contributed by atoms with Crippen LogP contribution in [0.15, 0.2) is 12.3 Å². The van der Waals surface area contributed by atoms with Gasteiger partial charge in [0.15, 0.2) is 11.6 Å². The summed E-state index contributed by atoms with van der Waals surface area (Å²) in [7, 11) is 1.83. The zero-order chi connectivity index (χ0) is 15.1. The summed E-state index contributed by atoms with van der Waals surface area (Å²) in [5.41, 5.74) is 0.678. The van der Waals surface area contributed by atoms with Crippen LogP contribution in [-0.2, 0) is 6.54 Å². The zero-order valence-electron chi connectivity index (χ0n) is 13.4. The van der Waals surface area contributed by atoms with E-state index in [1.165, 1.54) is 0 Å². The van der Waals surface area contributed by atoms with Crippen LogP contribution >= 0.6 is 0 Å². The van der Waals surface area contributed by atoms with Gasteiger partial charge < -0.3 is 10.2 Å². The van der Waals surface area contributed by atoms with Gasteiger partial charge in [-0.25, -0.2) is 9.37 Å². The quantitative estimate of drug-likeness (QED) is 0.789. The molecule has 1 N–H and O–H groups in total. The van der Waals surface area contributed by atoms with Gasteiger partial charge >= 0.3 is 0 Å². The lowest BCUT2D eigenvalue weighted by Crippen LogP contribution is -2.38. The van der Waals surface area contributed by atoms with Crippen LogP contribution in [0.4, 0.5) is 10.2 Å². The van der Waals surface area contributed by atoms with Crippen molar-refractivity contribution in [3.63, 3.8) is 0 Å². The van der Waals surface area contributed by atoms with Crippen LogP contribution in [0.3, 0.4) is 0 Å². The lowest BCUT2D eigenvalue weighted by atomic mass is 10.1. The topological polar surface area (TPSA) is 28.2 Å². The lowest BCUT2D eigenvalue weighted by molar-refractivity contribution is 0.487. The van der Waals surface area contributed by atoms with E-state index in [0.29, 0.717) is 29.9 Å². The van der Waals surface area contributed by atoms with Crippen molar-refractivity contribution in [1.29, 1.82) is 0 Å². The van der Waals surface area contributed by atoms with Crippen LogP contribution in [-0.4, -0.2) is 24.6 Å². The first-order valence-corrected chi connectivity index (χ1v) is 7.59. The van der Waals surface area contributed by atoms with Crippen molar-refractivity contribution in [3.05, 3.63) is 23.6 Å². The number of rotatable bonds is 8. The summed E-state index contributed by atoms with van der Waals surface area (Å²) < 4.78 is 14.6. The minimum Gasteiger partial charge on any atom is -0.351 e. The van der Waals surface area contributed by atoms with E-state index in [0.717, 1.165) is 19.4 Å². The van der Waals surface area contributed by atoms with E-state index in [1.807, 2.05) is 7.05 Å². The molecular formula is C16H28FN3. The molecule has 3 nitrogen and oxygen atoms in total. The molecule has 114 valence electrons. The molecule has 1 rings (SSSR count). The zero-order valence-corrected chi connectivity index (χ0v) is 13.4. The van der Waals surface area contributed by atoms with Crippen LogP contribution in [0.5, 0.6) is 0 Å². The summed E-state index contributed by atoms with van der Waals surface area (Å²) in [4.78, 5) is 6.45. The number of hydrogen-bond acceptors (Lipinski definition) is 3. The van der Waals surface area contributed by atoms with Crippen molar-refractivity contribution in [3.8, 4) is 0 Å². The van der Waals surface area contributed by atoms with E-state index < -0.39 is 0 Å². The minimum atomic E-state index is -0.186. The Labute approximate surface area is 122 Å². The fourth-order valence-corrected chi connectivity index (χ4v) is 2.53. The predicted octanol–water partition coefficient (Wildman–Crippen LogP) is 3.59. The SMILES string of the molecule is CCC(CC)N(CC(C)C)c1nccc(CNC)c1F. The second kappa shape index (κ2) is 8.20. The van der Waals surface area contributed by atoms with Crippen molar-refractivity contribution in [2.24, 2.45) is 5.92 Å². The molecular weight excluding hydrogens is 253 g/mol. The van der Waals surface area contributed by atoms with Crippen LogP contribution in [0.1, 0.15) is 46.1 Å². The maximum Gasteiger partial charge on any atom is 0.170 e. The molecule has 1 aromatic heterocycles. The molecule has 0 saturated carbocycles. The van der Waals surface area contributed by atoms with E-state index in [4.69, 9.17) is 0 Å². The number of aromatic nitrogens is 1. The average molecular weight is 281 g/mol. The highest BCUT2D eigenvalue weighted by atomic mass is 19.1. The largest absolute Gasteiger partial charge is 0.351 e. The fourth-order valence-electron chi connectivity index (χ4n) is 2.53. The molecule has 4 heteroatoms. The summed E-state index contributed by atoms with van der Waals surface area (Å²) in [5.74, 6) is 0.791. The molecule has 20 heavy (non-hydrogen) atoms. The van der Waals surface area contributed by atoms with E-state index >= 15 is 0 Å². The van der Waals surface area contributed by atoms with Crippen molar-refractivity contribution >= 4 is 5.82 Å². The summed E-state index contributed by atoms with van der Waals surface area (Å²) >= 11 is 0. The van der Waals surface area contributed by atoms with Gasteiger partial charge in [-0.05, 0) is 31.9 Å². The smallest absolute Gasteiger partial charge is 0.170 e. The van der Waals surface area contributed by atoms with E-state index in [-0.39, 0.29) is 5.82 Å². The van der Waals surface area contributed by atoms with E-state index in [9.17, 15) is 4.39 Å². The number of nitrogens with zero attached hydrogens (tertiary/aromatic N) is 2. The summed E-state index contributed by atoms with van der Waals surface area (Å²) in [6, 6.07) is 2.08. The summed E-state index contributed by atoms with van der Waals surface area (Å²) in [5, 5.41) is 3.00. The molecule has 1 aromatic rings. The van der Waals surface area contributed by atoms with Gasteiger partial charge in [0.05, 0.1) is 0 Å². The minimum absolute atomic E-state index is 0.186. The Balaban J connectivity index is 3.15. The first-order valence-electron chi connectivity index (χ1n) is 7.59. The normalized spacial score (nSPS) is 11.4. The number of hydrogen-bond donors (Lipinski definition) is 1. The molecule has 0 unspecified atom stereocenters. The Morgan fingerprint density at radius 3 is 2.45 bits per heavy atom. The molecule has 0 saturated heterocycles. The molecule has 0 amide bonds. The van der Waals surface area contributed by atoms with Gasteiger partial charge in [-0.1, -0.05) is 27.7 Å². The maximum absolute atomic E-state index is 14.6. The molecule has 0 aliphatic heterocycles. The van der Waals surface area contributed by atoms with Crippen LogP contribution in [0.25, 0.3) is 0 Å². The Hall–Kier alpha value is -1.16. The van der Waals surface area contributed by atoms with Gasteiger partial charge in [-0.2, -0.15) is 0 Å². The molecule has 0 fully saturated rings. The van der Waals surface area contributed by atoms with Gasteiger partial charge in [-0.3, -0.25) is 0 Å². The van der Waals surface area contributed by atoms with Gasteiger partial charge in [0.2, 0.25) is 0 Å². The van der Waals surface area contributed by atoms with Gasteiger partial charge in [0.25, 0.3) is 0 Å². The summed E-state index contributed by atoms with van der Waals surface area (Å²) in [6.07, 6.45) is 3.71. The Morgan fingerprint density at radius 1 is 1.30 bits per heavy atom. The molecule has 0 atom stereocenters. The third kappa shape index (κ3) is 4.17. The van der Waals surface area contributed by atoms with Gasteiger partial charge in [0, 0.05) is 30.9 Å². The number of anilines is 1. The lowest BCUT2D eigenvalue weighted by Gasteiger charge is -2.33. The molecule has 0 aliphatic carbocycles. The molecule has 0 spiro atoms. The van der Waals surface area contributed by atoms with Crippen molar-refractivity contribution < 1.29 is 4.39 Å². The Morgan fingerprint density at radius 2 is 1.95 bits per heavy atom. The predicted molar refractivity (Wildman–Crippen MR) is 83.5 cm³/mol. The van der Waals surface area contributed by atoms with Crippen LogP contribution in [0.2, 0.25) is 0 Å². The van der Waals surface area contributed by atoms with Crippen molar-refractivity contribution in [2.75, 3.05) is 18.5 Å². The summed E-state index contributed by atoms with van der Waals surface area (Å²) in [6.45, 7) is 9.97. The first kappa shape index (κ1) is 16.9. The molecule has 0 aromatic carbocycles. The highest BCUT2D eigenvalue weighted by Crippen LogP contribution is 2.25. The number of halogens is 1. The molecule has 0 radical (unpaired) electrons. The third-order valence-corrected chi connectivity index (χ3v) is 3.54. The maximum atomic E-state index is 14.6. The third-order valence-electron chi connectivity index (χ3n) is 3.54. The second-order valence-electron chi connectivity index (χ2n) is 5.65. The standard InChI is InChI=1S/C16H28FN3/c1-6-14(7-2)20(11-12(3)4)16-15(17)13(10-18-5)8-9-19-16/h8-9,12,14,18H,6-7,10-11H2,1-5H3. The highest BCUT2D eigenvalue weighted by Gasteiger charge is 2.22. The number of pyridine rings is 1. The molecule has 0 aliphatic rings. The van der Waals surface area contributed by atoms with Gasteiger partial charge in [0.1, 0.15) is 0 Å². The van der Waals surface area contributed by atoms with E-state index in [2.05, 4.69) is 42.9 Å². The first-order chi connectivity index (χ1) is 9.54. The Kier molecular flexibility index (Phi) is 6.93. The van der Waals surface area contributed by atoms with Crippen molar-refractivity contribution in [1.82, 2.24) is 10.3 Å². The highest BCUT2D eigenvalue weighted by molar-refractivity contribution is 5.44. The van der Waals surface area contributed by atoms with Gasteiger partial charge in [-0.15, -0.1) is 0 Å². The monoisotopic (exact) mass is 281 g/mol. The van der Waals surface area contributed by atoms with Crippen LogP contribution in [0, 0.1) is 11.7 Å². The van der Waals surface area contributed by atoms with Crippen LogP contribution < -0.4 is 10.2 Å². The molecule has 1 heterocycles.